The number of hydrogen-bond donors (Lipinski definition) is 1. The van der Waals surface area contributed by atoms with Crippen LogP contribution in [0.3, 0.4) is 0 Å². The Kier molecular flexibility index (Phi) is 5.79. The van der Waals surface area contributed by atoms with Crippen molar-refractivity contribution in [1.29, 1.82) is 0 Å². The average Bonchev–Trinajstić information content (AvgIpc) is 2.99. The molecule has 1 aromatic heterocycles. The molecule has 0 atom stereocenters. The number of hydrogen-bond acceptors (Lipinski definition) is 4. The highest BCUT2D eigenvalue weighted by atomic mass is 32.2. The van der Waals surface area contributed by atoms with Crippen LogP contribution < -0.4 is 5.73 Å². The minimum absolute atomic E-state index is 0.255. The second-order valence-corrected chi connectivity index (χ2v) is 8.13. The monoisotopic (exact) mass is 384 g/mol. The number of para-hydroxylation sites is 1. The van der Waals surface area contributed by atoms with Crippen LogP contribution in [-0.2, 0) is 27.7 Å². The predicted octanol–water partition coefficient (Wildman–Crippen LogP) is 3.39. The van der Waals surface area contributed by atoms with Gasteiger partial charge < -0.3 is 10.5 Å². The molecule has 6 heteroatoms. The van der Waals surface area contributed by atoms with Crippen molar-refractivity contribution in [2.45, 2.75) is 24.8 Å². The molecule has 0 saturated heterocycles. The summed E-state index contributed by atoms with van der Waals surface area (Å²) in [6, 6.07) is 14.3. The van der Waals surface area contributed by atoms with Gasteiger partial charge in [-0.3, -0.25) is 0 Å². The molecule has 0 aliphatic heterocycles. The van der Waals surface area contributed by atoms with Gasteiger partial charge in [-0.15, -0.1) is 6.58 Å². The normalized spacial score (nSPS) is 11.8. The Morgan fingerprint density at radius 2 is 1.85 bits per heavy atom. The highest BCUT2D eigenvalue weighted by molar-refractivity contribution is 7.90. The van der Waals surface area contributed by atoms with E-state index >= 15 is 0 Å². The molecule has 3 aromatic rings. The van der Waals surface area contributed by atoms with Gasteiger partial charge in [0.15, 0.2) is 0 Å². The van der Waals surface area contributed by atoms with Crippen molar-refractivity contribution in [3.63, 3.8) is 0 Å². The molecule has 0 saturated carbocycles. The van der Waals surface area contributed by atoms with E-state index in [1.165, 1.54) is 3.97 Å². The summed E-state index contributed by atoms with van der Waals surface area (Å²) < 4.78 is 33.9. The third kappa shape index (κ3) is 3.69. The van der Waals surface area contributed by atoms with Crippen LogP contribution >= 0.6 is 0 Å². The smallest absolute Gasteiger partial charge is 0.268 e. The first-order valence-electron chi connectivity index (χ1n) is 8.83. The van der Waals surface area contributed by atoms with Gasteiger partial charge in [-0.2, -0.15) is 0 Å². The summed E-state index contributed by atoms with van der Waals surface area (Å²) >= 11 is 0. The van der Waals surface area contributed by atoms with E-state index in [-0.39, 0.29) is 11.4 Å². The van der Waals surface area contributed by atoms with Crippen molar-refractivity contribution >= 4 is 20.9 Å². The summed E-state index contributed by atoms with van der Waals surface area (Å²) in [6.07, 6.45) is 2.11. The third-order valence-corrected chi connectivity index (χ3v) is 6.29. The molecule has 3 rings (SSSR count). The molecule has 142 valence electrons. The number of aromatic nitrogens is 1. The fourth-order valence-electron chi connectivity index (χ4n) is 3.24. The lowest BCUT2D eigenvalue weighted by molar-refractivity contribution is 0.165. The maximum atomic E-state index is 13.5. The summed E-state index contributed by atoms with van der Waals surface area (Å²) in [5.74, 6) is 0. The maximum absolute atomic E-state index is 13.5. The van der Waals surface area contributed by atoms with E-state index in [1.807, 2.05) is 31.2 Å². The van der Waals surface area contributed by atoms with Crippen LogP contribution in [0.5, 0.6) is 0 Å². The molecule has 27 heavy (non-hydrogen) atoms. The molecule has 0 bridgehead atoms. The van der Waals surface area contributed by atoms with Gasteiger partial charge in [0.1, 0.15) is 0 Å². The zero-order valence-corrected chi connectivity index (χ0v) is 16.2. The van der Waals surface area contributed by atoms with E-state index in [4.69, 9.17) is 10.5 Å². The minimum Gasteiger partial charge on any atom is -0.377 e. The van der Waals surface area contributed by atoms with Crippen molar-refractivity contribution in [2.24, 2.45) is 5.73 Å². The molecule has 0 fully saturated rings. The van der Waals surface area contributed by atoms with E-state index < -0.39 is 10.0 Å². The molecule has 0 spiro atoms. The molecule has 2 N–H and O–H groups in total. The minimum atomic E-state index is -3.76. The Balaban J connectivity index is 2.20. The van der Waals surface area contributed by atoms with Crippen LogP contribution in [0.1, 0.15) is 16.8 Å². The summed E-state index contributed by atoms with van der Waals surface area (Å²) in [5.41, 5.74) is 9.15. The van der Waals surface area contributed by atoms with Crippen molar-refractivity contribution in [3.05, 3.63) is 78.0 Å². The SMILES string of the molecule is C=CCOCCc1c(CN)c2ccccc2n1S(=O)(=O)c1ccc(C)cc1. The van der Waals surface area contributed by atoms with Crippen molar-refractivity contribution in [1.82, 2.24) is 3.97 Å². The highest BCUT2D eigenvalue weighted by Gasteiger charge is 2.26. The number of rotatable bonds is 8. The summed E-state index contributed by atoms with van der Waals surface area (Å²) in [6.45, 7) is 6.62. The van der Waals surface area contributed by atoms with Gasteiger partial charge in [-0.05, 0) is 30.7 Å². The maximum Gasteiger partial charge on any atom is 0.268 e. The van der Waals surface area contributed by atoms with Gasteiger partial charge in [0.05, 0.1) is 23.6 Å². The van der Waals surface area contributed by atoms with Gasteiger partial charge in [0.25, 0.3) is 10.0 Å². The molecule has 0 aliphatic rings. The molecule has 2 aromatic carbocycles. The summed E-state index contributed by atoms with van der Waals surface area (Å²) in [7, 11) is -3.76. The lowest BCUT2D eigenvalue weighted by atomic mass is 10.1. The van der Waals surface area contributed by atoms with E-state index in [9.17, 15) is 8.42 Å². The second kappa shape index (κ2) is 8.08. The Labute approximate surface area is 160 Å². The first kappa shape index (κ1) is 19.4. The molecule has 0 aliphatic carbocycles. The zero-order valence-electron chi connectivity index (χ0n) is 15.4. The van der Waals surface area contributed by atoms with Crippen LogP contribution in [0.2, 0.25) is 0 Å². The first-order valence-corrected chi connectivity index (χ1v) is 10.3. The fraction of sp³-hybridized carbons (Fsp3) is 0.238. The number of aryl methyl sites for hydroxylation is 1. The van der Waals surface area contributed by atoms with Crippen molar-refractivity contribution in [2.75, 3.05) is 13.2 Å². The Morgan fingerprint density at radius 3 is 2.52 bits per heavy atom. The molecule has 0 radical (unpaired) electrons. The van der Waals surface area contributed by atoms with Gasteiger partial charge in [-0.1, -0.05) is 42.0 Å². The van der Waals surface area contributed by atoms with Gasteiger partial charge >= 0.3 is 0 Å². The lowest BCUT2D eigenvalue weighted by Gasteiger charge is -2.13. The van der Waals surface area contributed by atoms with Crippen LogP contribution in [0.4, 0.5) is 0 Å². The first-order chi connectivity index (χ1) is 13.0. The quantitative estimate of drug-likeness (QED) is 0.477. The number of nitrogens with zero attached hydrogens (tertiary/aromatic N) is 1. The van der Waals surface area contributed by atoms with Crippen molar-refractivity contribution in [3.8, 4) is 0 Å². The molecular weight excluding hydrogens is 360 g/mol. The zero-order chi connectivity index (χ0) is 19.4. The fourth-order valence-corrected chi connectivity index (χ4v) is 4.84. The molecule has 1 heterocycles. The van der Waals surface area contributed by atoms with Crippen molar-refractivity contribution < 1.29 is 13.2 Å². The molecule has 0 unspecified atom stereocenters. The Morgan fingerprint density at radius 1 is 1.15 bits per heavy atom. The Bertz CT molecular complexity index is 1050. The largest absolute Gasteiger partial charge is 0.377 e. The second-order valence-electron chi connectivity index (χ2n) is 6.34. The Hall–Kier alpha value is -2.41. The van der Waals surface area contributed by atoms with Crippen LogP contribution in [0.25, 0.3) is 10.9 Å². The number of fused-ring (bicyclic) bond motifs is 1. The predicted molar refractivity (Wildman–Crippen MR) is 108 cm³/mol. The van der Waals surface area contributed by atoms with Crippen LogP contribution in [-0.4, -0.2) is 25.6 Å². The van der Waals surface area contributed by atoms with Gasteiger partial charge in [0.2, 0.25) is 0 Å². The topological polar surface area (TPSA) is 74.3 Å². The van der Waals surface area contributed by atoms with Gasteiger partial charge in [-0.25, -0.2) is 12.4 Å². The van der Waals surface area contributed by atoms with Crippen LogP contribution in [0, 0.1) is 6.92 Å². The van der Waals surface area contributed by atoms with E-state index in [2.05, 4.69) is 6.58 Å². The van der Waals surface area contributed by atoms with E-state index in [0.29, 0.717) is 30.8 Å². The third-order valence-electron chi connectivity index (χ3n) is 4.52. The summed E-state index contributed by atoms with van der Waals surface area (Å²) in [5, 5.41) is 0.856. The van der Waals surface area contributed by atoms with Crippen LogP contribution in [0.15, 0.2) is 66.1 Å². The van der Waals surface area contributed by atoms with Gasteiger partial charge in [0, 0.05) is 24.0 Å². The van der Waals surface area contributed by atoms with E-state index in [0.717, 1.165) is 16.5 Å². The van der Waals surface area contributed by atoms with E-state index in [1.54, 1.807) is 30.3 Å². The average molecular weight is 385 g/mol. The number of ether oxygens (including phenoxy) is 1. The lowest BCUT2D eigenvalue weighted by Crippen LogP contribution is -2.18. The summed E-state index contributed by atoms with van der Waals surface area (Å²) in [4.78, 5) is 0.255. The standard InChI is InChI=1S/C21H24N2O3S/c1-3-13-26-14-12-21-19(15-22)18-6-4-5-7-20(18)23(21)27(24,25)17-10-8-16(2)9-11-17/h3-11H,1,12-15,22H2,2H3. The molecule has 0 amide bonds. The molecular formula is C21H24N2O3S. The number of benzene rings is 2. The highest BCUT2D eigenvalue weighted by Crippen LogP contribution is 2.30. The molecule has 5 nitrogen and oxygen atoms in total. The number of nitrogens with two attached hydrogens (primary N) is 1.